The van der Waals surface area contributed by atoms with Crippen LogP contribution in [0.1, 0.15) is 41.8 Å². The fourth-order valence-electron chi connectivity index (χ4n) is 4.77. The van der Waals surface area contributed by atoms with Gasteiger partial charge in [-0.1, -0.05) is 61.9 Å². The van der Waals surface area contributed by atoms with Gasteiger partial charge in [0, 0.05) is 63.3 Å². The van der Waals surface area contributed by atoms with Crippen LogP contribution in [0.4, 0.5) is 21.9 Å². The summed E-state index contributed by atoms with van der Waals surface area (Å²) in [5.74, 6) is 0.0298. The Morgan fingerprint density at radius 3 is 2.15 bits per heavy atom. The molecule has 3 aromatic rings. The topological polar surface area (TPSA) is 85.0 Å². The van der Waals surface area contributed by atoms with Crippen molar-refractivity contribution in [2.45, 2.75) is 33.7 Å². The summed E-state index contributed by atoms with van der Waals surface area (Å²) in [7, 11) is 1.79. The number of carbonyl (C=O) groups excluding carboxylic acids is 3. The number of carbonyl (C=O) groups is 3. The molecular formula is C32H39N5O3. The van der Waals surface area contributed by atoms with E-state index in [2.05, 4.69) is 15.5 Å². The van der Waals surface area contributed by atoms with Gasteiger partial charge in [0.05, 0.1) is 5.56 Å². The van der Waals surface area contributed by atoms with Crippen molar-refractivity contribution in [3.05, 3.63) is 89.5 Å². The van der Waals surface area contributed by atoms with E-state index >= 15 is 0 Å². The molecule has 8 heteroatoms. The zero-order valence-corrected chi connectivity index (χ0v) is 23.8. The third-order valence-electron chi connectivity index (χ3n) is 6.92. The molecular weight excluding hydrogens is 502 g/mol. The summed E-state index contributed by atoms with van der Waals surface area (Å²) < 4.78 is 0. The van der Waals surface area contributed by atoms with Crippen LogP contribution < -0.4 is 15.5 Å². The number of hydrogen-bond donors (Lipinski definition) is 2. The number of amides is 4. The number of hydrogen-bond acceptors (Lipinski definition) is 4. The van der Waals surface area contributed by atoms with E-state index in [4.69, 9.17) is 0 Å². The van der Waals surface area contributed by atoms with Crippen molar-refractivity contribution >= 4 is 34.9 Å². The first-order valence-electron chi connectivity index (χ1n) is 13.8. The fraction of sp³-hybridized carbons (Fsp3) is 0.344. The van der Waals surface area contributed by atoms with E-state index in [1.165, 1.54) is 0 Å². The van der Waals surface area contributed by atoms with Crippen molar-refractivity contribution in [1.29, 1.82) is 0 Å². The van der Waals surface area contributed by atoms with E-state index in [1.54, 1.807) is 22.9 Å². The average Bonchev–Trinajstić information content (AvgIpc) is 2.94. The van der Waals surface area contributed by atoms with E-state index in [-0.39, 0.29) is 23.8 Å². The molecule has 4 amide bonds. The Bertz CT molecular complexity index is 1320. The number of aryl methyl sites for hydroxylation is 1. The molecule has 8 nitrogen and oxygen atoms in total. The van der Waals surface area contributed by atoms with Gasteiger partial charge in [0.2, 0.25) is 5.91 Å². The van der Waals surface area contributed by atoms with Gasteiger partial charge in [-0.25, -0.2) is 4.79 Å². The SMILES string of the molecule is Cc1ccc(NC(=O)N2CCN(c3ccc(NC(=O)CC(C)C)cc3C(=O)N(C)Cc3ccccc3)CC2)cc1. The maximum absolute atomic E-state index is 13.7. The second-order valence-electron chi connectivity index (χ2n) is 10.8. The molecule has 2 N–H and O–H groups in total. The molecule has 1 aliphatic rings. The smallest absolute Gasteiger partial charge is 0.321 e. The monoisotopic (exact) mass is 541 g/mol. The zero-order valence-electron chi connectivity index (χ0n) is 23.8. The largest absolute Gasteiger partial charge is 0.367 e. The molecule has 0 atom stereocenters. The predicted octanol–water partition coefficient (Wildman–Crippen LogP) is 5.61. The van der Waals surface area contributed by atoms with Crippen LogP contribution in [0.5, 0.6) is 0 Å². The summed E-state index contributed by atoms with van der Waals surface area (Å²) in [5, 5.41) is 5.91. The van der Waals surface area contributed by atoms with Gasteiger partial charge in [-0.15, -0.1) is 0 Å². The van der Waals surface area contributed by atoms with Crippen LogP contribution in [0.2, 0.25) is 0 Å². The molecule has 0 unspecified atom stereocenters. The second-order valence-corrected chi connectivity index (χ2v) is 10.8. The zero-order chi connectivity index (χ0) is 28.6. The van der Waals surface area contributed by atoms with Gasteiger partial charge in [-0.3, -0.25) is 9.59 Å². The van der Waals surface area contributed by atoms with Gasteiger partial charge in [-0.2, -0.15) is 0 Å². The minimum atomic E-state index is -0.134. The molecule has 0 bridgehead atoms. The summed E-state index contributed by atoms with van der Waals surface area (Å²) in [6, 6.07) is 23.0. The molecule has 4 rings (SSSR count). The van der Waals surface area contributed by atoms with E-state index in [0.717, 1.165) is 22.5 Å². The van der Waals surface area contributed by atoms with Crippen LogP contribution in [-0.2, 0) is 11.3 Å². The molecule has 0 aliphatic carbocycles. The molecule has 0 aromatic heterocycles. The second kappa shape index (κ2) is 13.2. The minimum Gasteiger partial charge on any atom is -0.367 e. The lowest BCUT2D eigenvalue weighted by Gasteiger charge is -2.37. The van der Waals surface area contributed by atoms with E-state index in [9.17, 15) is 14.4 Å². The highest BCUT2D eigenvalue weighted by Gasteiger charge is 2.26. The Labute approximate surface area is 237 Å². The molecule has 0 saturated carbocycles. The van der Waals surface area contributed by atoms with Crippen molar-refractivity contribution in [3.8, 4) is 0 Å². The molecule has 1 fully saturated rings. The number of anilines is 3. The quantitative estimate of drug-likeness (QED) is 0.389. The minimum absolute atomic E-state index is 0.0769. The Morgan fingerprint density at radius 1 is 0.850 bits per heavy atom. The Balaban J connectivity index is 1.50. The Morgan fingerprint density at radius 2 is 1.50 bits per heavy atom. The predicted molar refractivity (Wildman–Crippen MR) is 161 cm³/mol. The summed E-state index contributed by atoms with van der Waals surface area (Å²) in [4.78, 5) is 44.7. The lowest BCUT2D eigenvalue weighted by atomic mass is 10.1. The van der Waals surface area contributed by atoms with E-state index < -0.39 is 0 Å². The highest BCUT2D eigenvalue weighted by molar-refractivity contribution is 6.02. The van der Waals surface area contributed by atoms with Gasteiger partial charge in [0.15, 0.2) is 0 Å². The number of piperazine rings is 1. The lowest BCUT2D eigenvalue weighted by Crippen LogP contribution is -2.50. The fourth-order valence-corrected chi connectivity index (χ4v) is 4.77. The summed E-state index contributed by atoms with van der Waals surface area (Å²) in [6.07, 6.45) is 0.408. The summed E-state index contributed by atoms with van der Waals surface area (Å²) in [6.45, 7) is 8.70. The maximum atomic E-state index is 13.7. The summed E-state index contributed by atoms with van der Waals surface area (Å²) >= 11 is 0. The first-order chi connectivity index (χ1) is 19.2. The average molecular weight is 542 g/mol. The van der Waals surface area contributed by atoms with Gasteiger partial charge in [-0.05, 0) is 48.7 Å². The third-order valence-corrected chi connectivity index (χ3v) is 6.92. The van der Waals surface area contributed by atoms with Gasteiger partial charge in [0.25, 0.3) is 5.91 Å². The molecule has 0 spiro atoms. The number of nitrogens with zero attached hydrogens (tertiary/aromatic N) is 3. The lowest BCUT2D eigenvalue weighted by molar-refractivity contribution is -0.116. The first kappa shape index (κ1) is 28.7. The van der Waals surface area contributed by atoms with Gasteiger partial charge < -0.3 is 25.3 Å². The number of nitrogens with one attached hydrogen (secondary N) is 2. The molecule has 40 heavy (non-hydrogen) atoms. The van der Waals surface area contributed by atoms with Crippen LogP contribution in [0, 0.1) is 12.8 Å². The standard InChI is InChI=1S/C32H39N5O3/c1-23(2)20-30(38)33-27-14-15-29(28(21-27)31(39)35(4)22-25-8-6-5-7-9-25)36-16-18-37(19-17-36)32(40)34-26-12-10-24(3)11-13-26/h5-15,21,23H,16-20,22H2,1-4H3,(H,33,38)(H,34,40). The van der Waals surface area contributed by atoms with Crippen molar-refractivity contribution in [3.63, 3.8) is 0 Å². The van der Waals surface area contributed by atoms with Gasteiger partial charge in [0.1, 0.15) is 0 Å². The van der Waals surface area contributed by atoms with Crippen molar-refractivity contribution < 1.29 is 14.4 Å². The van der Waals surface area contributed by atoms with Crippen LogP contribution in [0.3, 0.4) is 0 Å². The summed E-state index contributed by atoms with van der Waals surface area (Å²) in [5.41, 5.74) is 4.86. The molecule has 0 radical (unpaired) electrons. The van der Waals surface area contributed by atoms with Crippen molar-refractivity contribution in [1.82, 2.24) is 9.80 Å². The highest BCUT2D eigenvalue weighted by atomic mass is 16.2. The number of benzene rings is 3. The highest BCUT2D eigenvalue weighted by Crippen LogP contribution is 2.28. The van der Waals surface area contributed by atoms with E-state index in [0.29, 0.717) is 50.4 Å². The number of rotatable bonds is 8. The molecule has 210 valence electrons. The van der Waals surface area contributed by atoms with Crippen molar-refractivity contribution in [2.24, 2.45) is 5.92 Å². The number of urea groups is 1. The Hall–Kier alpha value is -4.33. The van der Waals surface area contributed by atoms with E-state index in [1.807, 2.05) is 87.5 Å². The molecule has 1 aliphatic heterocycles. The van der Waals surface area contributed by atoms with Crippen LogP contribution >= 0.6 is 0 Å². The molecule has 1 saturated heterocycles. The molecule has 3 aromatic carbocycles. The van der Waals surface area contributed by atoms with Crippen molar-refractivity contribution in [2.75, 3.05) is 48.8 Å². The molecule has 1 heterocycles. The third kappa shape index (κ3) is 7.62. The van der Waals surface area contributed by atoms with Crippen LogP contribution in [0.15, 0.2) is 72.8 Å². The van der Waals surface area contributed by atoms with Crippen LogP contribution in [0.25, 0.3) is 0 Å². The maximum Gasteiger partial charge on any atom is 0.321 e. The van der Waals surface area contributed by atoms with Gasteiger partial charge >= 0.3 is 6.03 Å². The normalized spacial score (nSPS) is 13.2. The first-order valence-corrected chi connectivity index (χ1v) is 13.8. The van der Waals surface area contributed by atoms with Crippen LogP contribution in [-0.4, -0.2) is 60.9 Å². The Kier molecular flexibility index (Phi) is 9.43.